The van der Waals surface area contributed by atoms with Crippen LogP contribution >= 0.6 is 0 Å². The van der Waals surface area contributed by atoms with Crippen LogP contribution in [-0.4, -0.2) is 62.1 Å². The maximum absolute atomic E-state index is 13.6. The number of anilines is 2. The summed E-state index contributed by atoms with van der Waals surface area (Å²) in [6.07, 6.45) is 2.55. The Morgan fingerprint density at radius 2 is 1.94 bits per heavy atom. The number of pyridine rings is 1. The Morgan fingerprint density at radius 1 is 1.26 bits per heavy atom. The van der Waals surface area contributed by atoms with E-state index in [0.717, 1.165) is 36.9 Å². The van der Waals surface area contributed by atoms with Gasteiger partial charge in [-0.25, -0.2) is 4.79 Å². The van der Waals surface area contributed by atoms with E-state index in [-0.39, 0.29) is 23.5 Å². The lowest BCUT2D eigenvalue weighted by molar-refractivity contribution is -0.106. The number of alkyl halides is 2. The molecule has 0 aliphatic carbocycles. The fraction of sp³-hybridized carbons (Fsp3) is 0.480. The Morgan fingerprint density at radius 3 is 2.54 bits per heavy atom. The van der Waals surface area contributed by atoms with Crippen molar-refractivity contribution >= 4 is 23.7 Å². The Kier molecular flexibility index (Phi) is 10.8. The summed E-state index contributed by atoms with van der Waals surface area (Å²) in [4.78, 5) is 30.2. The number of halogens is 2. The first kappa shape index (κ1) is 28.0. The van der Waals surface area contributed by atoms with E-state index in [9.17, 15) is 13.6 Å². The van der Waals surface area contributed by atoms with Gasteiger partial charge in [0.2, 0.25) is 11.8 Å². The van der Waals surface area contributed by atoms with E-state index in [0.29, 0.717) is 6.54 Å². The van der Waals surface area contributed by atoms with Crippen molar-refractivity contribution in [3.05, 3.63) is 42.0 Å². The van der Waals surface area contributed by atoms with Gasteiger partial charge in [0, 0.05) is 18.3 Å². The number of ether oxygens (including phenoxy) is 2. The number of para-hydroxylation sites is 1. The highest BCUT2D eigenvalue weighted by Crippen LogP contribution is 2.33. The number of likely N-dealkylation sites (N-methyl/N-ethyl adjacent to an activating group) is 1. The summed E-state index contributed by atoms with van der Waals surface area (Å²) in [7, 11) is 3.40. The predicted molar refractivity (Wildman–Crippen MR) is 132 cm³/mol. The molecule has 1 aromatic heterocycles. The van der Waals surface area contributed by atoms with Crippen LogP contribution in [0, 0.1) is 0 Å². The summed E-state index contributed by atoms with van der Waals surface area (Å²) < 4.78 is 35.4. The number of piperidine rings is 1. The van der Waals surface area contributed by atoms with Gasteiger partial charge >= 0.3 is 12.6 Å². The lowest BCUT2D eigenvalue weighted by Crippen LogP contribution is -2.51. The van der Waals surface area contributed by atoms with Crippen molar-refractivity contribution in [1.82, 2.24) is 9.88 Å². The number of amides is 2. The largest absolute Gasteiger partial charge is 0.481 e. The number of aldehydes is 1. The number of urea groups is 1. The monoisotopic (exact) mass is 492 g/mol. The number of hydrogen-bond donors (Lipinski definition) is 1. The maximum atomic E-state index is 13.6. The van der Waals surface area contributed by atoms with E-state index >= 15 is 0 Å². The number of rotatable bonds is 7. The first-order valence-corrected chi connectivity index (χ1v) is 11.5. The fourth-order valence-corrected chi connectivity index (χ4v) is 4.00. The van der Waals surface area contributed by atoms with E-state index in [2.05, 4.69) is 33.8 Å². The van der Waals surface area contributed by atoms with Gasteiger partial charge < -0.3 is 24.5 Å². The van der Waals surface area contributed by atoms with E-state index in [4.69, 9.17) is 9.53 Å². The number of nitrogens with one attached hydrogen (secondary N) is 1. The molecule has 3 rings (SSSR count). The normalized spacial score (nSPS) is 15.7. The van der Waals surface area contributed by atoms with Crippen LogP contribution in [-0.2, 0) is 4.79 Å². The molecular weight excluding hydrogens is 458 g/mol. The molecule has 2 amide bonds. The van der Waals surface area contributed by atoms with Crippen molar-refractivity contribution in [3.8, 4) is 11.8 Å². The molecular formula is C25H34F2N4O4. The minimum absolute atomic E-state index is 0.0484. The van der Waals surface area contributed by atoms with E-state index in [1.807, 2.05) is 31.3 Å². The summed E-state index contributed by atoms with van der Waals surface area (Å²) in [5.41, 5.74) is 1.89. The van der Waals surface area contributed by atoms with Gasteiger partial charge in [-0.15, -0.1) is 0 Å². The third-order valence-corrected chi connectivity index (χ3v) is 5.49. The quantitative estimate of drug-likeness (QED) is 0.538. The van der Waals surface area contributed by atoms with Crippen molar-refractivity contribution in [2.24, 2.45) is 0 Å². The van der Waals surface area contributed by atoms with Gasteiger partial charge in [0.1, 0.15) is 12.0 Å². The summed E-state index contributed by atoms with van der Waals surface area (Å²) in [6.45, 7) is 4.18. The van der Waals surface area contributed by atoms with Gasteiger partial charge in [-0.1, -0.05) is 32.0 Å². The molecule has 1 fully saturated rings. The van der Waals surface area contributed by atoms with Crippen LogP contribution in [0.1, 0.15) is 45.1 Å². The van der Waals surface area contributed by atoms with Crippen LogP contribution in [0.5, 0.6) is 11.8 Å². The molecule has 0 bridgehead atoms. The molecule has 10 heteroatoms. The maximum Gasteiger partial charge on any atom is 0.388 e. The Bertz CT molecular complexity index is 974. The third kappa shape index (κ3) is 7.88. The minimum atomic E-state index is -3.09. The Balaban J connectivity index is 0.00000137. The molecule has 1 unspecified atom stereocenters. The molecule has 1 atom stereocenters. The van der Waals surface area contributed by atoms with Gasteiger partial charge in [0.15, 0.2) is 0 Å². The Hall–Kier alpha value is -3.27. The van der Waals surface area contributed by atoms with Gasteiger partial charge in [-0.2, -0.15) is 13.8 Å². The standard InChI is InChI=1S/C23H30F2N4O3.C2H4O/c1-15(2)17-9-5-6-10-19(17)29(16-8-7-13-28(3)14-16)23(30)26-18-11-12-20(31-4)27-21(18)32-22(24)25;1-2-3/h5-6,9-12,15-16,22H,7-8,13-14H2,1-4H3,(H,26,30);2H,1H3. The second-order valence-electron chi connectivity index (χ2n) is 8.39. The first-order chi connectivity index (χ1) is 16.7. The van der Waals surface area contributed by atoms with Crippen molar-refractivity contribution in [2.45, 2.75) is 52.2 Å². The molecule has 1 aliphatic rings. The van der Waals surface area contributed by atoms with Crippen molar-refractivity contribution in [1.29, 1.82) is 0 Å². The zero-order chi connectivity index (χ0) is 26.0. The molecule has 0 spiro atoms. The molecule has 2 heterocycles. The number of nitrogens with zero attached hydrogens (tertiary/aromatic N) is 3. The second-order valence-corrected chi connectivity index (χ2v) is 8.39. The number of methoxy groups -OCH3 is 1. The number of carbonyl (C=O) groups is 2. The lowest BCUT2D eigenvalue weighted by Gasteiger charge is -2.39. The average molecular weight is 493 g/mol. The van der Waals surface area contributed by atoms with E-state index < -0.39 is 18.5 Å². The molecule has 0 saturated carbocycles. The molecule has 1 aromatic carbocycles. The molecule has 8 nitrogen and oxygen atoms in total. The summed E-state index contributed by atoms with van der Waals surface area (Å²) in [5.74, 6) is -0.0941. The minimum Gasteiger partial charge on any atom is -0.481 e. The number of likely N-dealkylation sites (tertiary alicyclic amines) is 1. The first-order valence-electron chi connectivity index (χ1n) is 11.5. The lowest BCUT2D eigenvalue weighted by atomic mass is 9.97. The van der Waals surface area contributed by atoms with Gasteiger partial charge in [0.25, 0.3) is 0 Å². The van der Waals surface area contributed by atoms with E-state index in [1.165, 1.54) is 26.2 Å². The van der Waals surface area contributed by atoms with Gasteiger partial charge in [-0.3, -0.25) is 4.90 Å². The highest BCUT2D eigenvalue weighted by Gasteiger charge is 2.31. The van der Waals surface area contributed by atoms with Crippen LogP contribution in [0.25, 0.3) is 0 Å². The second kappa shape index (κ2) is 13.6. The molecule has 1 aliphatic heterocycles. The van der Waals surface area contributed by atoms with Crippen LogP contribution in [0.4, 0.5) is 25.0 Å². The van der Waals surface area contributed by atoms with E-state index in [1.54, 1.807) is 4.90 Å². The molecule has 2 aromatic rings. The topological polar surface area (TPSA) is 84.0 Å². The number of benzene rings is 1. The molecule has 35 heavy (non-hydrogen) atoms. The summed E-state index contributed by atoms with van der Waals surface area (Å²) in [5, 5.41) is 2.74. The van der Waals surface area contributed by atoms with Crippen molar-refractivity contribution in [3.63, 3.8) is 0 Å². The summed E-state index contributed by atoms with van der Waals surface area (Å²) in [6, 6.07) is 10.2. The van der Waals surface area contributed by atoms with Crippen LogP contribution in [0.2, 0.25) is 0 Å². The highest BCUT2D eigenvalue weighted by molar-refractivity contribution is 6.03. The van der Waals surface area contributed by atoms with Crippen LogP contribution in [0.3, 0.4) is 0 Å². The fourth-order valence-electron chi connectivity index (χ4n) is 4.00. The van der Waals surface area contributed by atoms with Gasteiger partial charge in [0.05, 0.1) is 13.2 Å². The zero-order valence-electron chi connectivity index (χ0n) is 20.8. The SMILES string of the molecule is CC=O.COc1ccc(NC(=O)N(c2ccccc2C(C)C)C2CCCN(C)C2)c(OC(F)F)n1. The summed E-state index contributed by atoms with van der Waals surface area (Å²) >= 11 is 0. The van der Waals surface area contributed by atoms with Crippen LogP contribution < -0.4 is 19.7 Å². The smallest absolute Gasteiger partial charge is 0.388 e. The molecule has 1 saturated heterocycles. The van der Waals surface area contributed by atoms with Crippen LogP contribution in [0.15, 0.2) is 36.4 Å². The van der Waals surface area contributed by atoms with Crippen molar-refractivity contribution in [2.75, 3.05) is 37.5 Å². The third-order valence-electron chi connectivity index (χ3n) is 5.49. The van der Waals surface area contributed by atoms with Gasteiger partial charge in [-0.05, 0) is 57.0 Å². The Labute approximate surface area is 205 Å². The van der Waals surface area contributed by atoms with Crippen molar-refractivity contribution < 1.29 is 27.8 Å². The average Bonchev–Trinajstić information content (AvgIpc) is 2.81. The molecule has 0 radical (unpaired) electrons. The number of aromatic nitrogens is 1. The number of hydrogen-bond acceptors (Lipinski definition) is 6. The number of carbonyl (C=O) groups excluding carboxylic acids is 2. The zero-order valence-corrected chi connectivity index (χ0v) is 20.8. The molecule has 192 valence electrons. The predicted octanol–water partition coefficient (Wildman–Crippen LogP) is 5.15. The molecule has 1 N–H and O–H groups in total. The highest BCUT2D eigenvalue weighted by atomic mass is 19.3.